The van der Waals surface area contributed by atoms with E-state index in [1.54, 1.807) is 6.92 Å². The largest absolute Gasteiger partial charge is 0.356 e. The van der Waals surface area contributed by atoms with Crippen molar-refractivity contribution in [3.8, 4) is 0 Å². The summed E-state index contributed by atoms with van der Waals surface area (Å²) in [5.41, 5.74) is 0. The zero-order valence-corrected chi connectivity index (χ0v) is 13.2. The lowest BCUT2D eigenvalue weighted by Gasteiger charge is -2.06. The van der Waals surface area contributed by atoms with Crippen molar-refractivity contribution in [2.75, 3.05) is 19.6 Å². The molecule has 3 N–H and O–H groups in total. The first kappa shape index (κ1) is 19.8. The van der Waals surface area contributed by atoms with Crippen molar-refractivity contribution in [1.82, 2.24) is 16.0 Å². The van der Waals surface area contributed by atoms with Crippen molar-refractivity contribution < 1.29 is 19.2 Å². The Morgan fingerprint density at radius 1 is 0.773 bits per heavy atom. The second-order valence-corrected chi connectivity index (χ2v) is 4.64. The van der Waals surface area contributed by atoms with Gasteiger partial charge in [-0.3, -0.25) is 19.2 Å². The maximum Gasteiger partial charge on any atom is 0.244 e. The molecule has 0 aliphatic carbocycles. The standard InChI is InChI=1S/C15H25N3O4/c1-3-9-16-14(21)7-11-18-15(22)8-10-17-13(20)6-5-12(19)4-2/h5-6H,3-4,7-11H2,1-2H3,(H,16,21)(H,17,20)(H,18,22)/b6-5+. The molecule has 0 aromatic carbocycles. The van der Waals surface area contributed by atoms with Crippen molar-refractivity contribution in [2.24, 2.45) is 0 Å². The van der Waals surface area contributed by atoms with E-state index in [4.69, 9.17) is 0 Å². The van der Waals surface area contributed by atoms with Gasteiger partial charge in [0.25, 0.3) is 0 Å². The van der Waals surface area contributed by atoms with E-state index in [1.807, 2.05) is 6.92 Å². The Labute approximate surface area is 130 Å². The van der Waals surface area contributed by atoms with E-state index in [0.717, 1.165) is 12.5 Å². The van der Waals surface area contributed by atoms with Crippen LogP contribution >= 0.6 is 0 Å². The van der Waals surface area contributed by atoms with Gasteiger partial charge in [-0.05, 0) is 12.5 Å². The zero-order valence-electron chi connectivity index (χ0n) is 13.2. The summed E-state index contributed by atoms with van der Waals surface area (Å²) in [7, 11) is 0. The fourth-order valence-electron chi connectivity index (χ4n) is 1.40. The number of hydrogen-bond acceptors (Lipinski definition) is 4. The molecule has 0 unspecified atom stereocenters. The topological polar surface area (TPSA) is 104 Å². The van der Waals surface area contributed by atoms with Crippen LogP contribution in [0.2, 0.25) is 0 Å². The number of rotatable bonds is 11. The molecule has 0 saturated carbocycles. The van der Waals surface area contributed by atoms with E-state index >= 15 is 0 Å². The van der Waals surface area contributed by atoms with Crippen LogP contribution in [0.4, 0.5) is 0 Å². The molecule has 0 aliphatic rings. The van der Waals surface area contributed by atoms with E-state index < -0.39 is 5.91 Å². The maximum atomic E-state index is 11.5. The van der Waals surface area contributed by atoms with Crippen LogP contribution in [0.25, 0.3) is 0 Å². The Kier molecular flexibility index (Phi) is 11.3. The highest BCUT2D eigenvalue weighted by atomic mass is 16.2. The minimum atomic E-state index is -0.409. The van der Waals surface area contributed by atoms with Gasteiger partial charge in [0, 0.05) is 45.0 Å². The Hall–Kier alpha value is -2.18. The van der Waals surface area contributed by atoms with Crippen molar-refractivity contribution in [3.63, 3.8) is 0 Å². The van der Waals surface area contributed by atoms with Crippen molar-refractivity contribution in [3.05, 3.63) is 12.2 Å². The molecule has 0 heterocycles. The smallest absolute Gasteiger partial charge is 0.244 e. The molecule has 7 heteroatoms. The molecule has 0 radical (unpaired) electrons. The minimum Gasteiger partial charge on any atom is -0.356 e. The van der Waals surface area contributed by atoms with Gasteiger partial charge >= 0.3 is 0 Å². The van der Waals surface area contributed by atoms with Gasteiger partial charge in [-0.15, -0.1) is 0 Å². The number of hydrogen-bond donors (Lipinski definition) is 3. The molecule has 7 nitrogen and oxygen atoms in total. The van der Waals surface area contributed by atoms with E-state index in [-0.39, 0.29) is 43.5 Å². The molecule has 3 amide bonds. The van der Waals surface area contributed by atoms with Gasteiger partial charge < -0.3 is 16.0 Å². The molecule has 22 heavy (non-hydrogen) atoms. The second kappa shape index (κ2) is 12.6. The summed E-state index contributed by atoms with van der Waals surface area (Å²) < 4.78 is 0. The molecule has 0 spiro atoms. The summed E-state index contributed by atoms with van der Waals surface area (Å²) in [5, 5.41) is 7.81. The van der Waals surface area contributed by atoms with E-state index in [2.05, 4.69) is 16.0 Å². The molecule has 124 valence electrons. The Bertz CT molecular complexity index is 419. The monoisotopic (exact) mass is 311 g/mol. The molecule has 0 saturated heterocycles. The summed E-state index contributed by atoms with van der Waals surface area (Å²) in [6.45, 7) is 4.75. The molecular formula is C15H25N3O4. The summed E-state index contributed by atoms with van der Waals surface area (Å²) in [5.74, 6) is -0.874. The molecule has 0 aromatic rings. The van der Waals surface area contributed by atoms with Crippen molar-refractivity contribution >= 4 is 23.5 Å². The molecule has 0 aromatic heterocycles. The number of carbonyl (C=O) groups excluding carboxylic acids is 4. The highest BCUT2D eigenvalue weighted by Gasteiger charge is 2.04. The van der Waals surface area contributed by atoms with Gasteiger partial charge in [-0.2, -0.15) is 0 Å². The predicted molar refractivity (Wildman–Crippen MR) is 83.0 cm³/mol. The molecule has 0 aliphatic heterocycles. The molecule has 0 rings (SSSR count). The number of nitrogens with one attached hydrogen (secondary N) is 3. The van der Waals surface area contributed by atoms with Crippen LogP contribution < -0.4 is 16.0 Å². The summed E-state index contributed by atoms with van der Waals surface area (Å²) in [6.07, 6.45) is 3.94. The first-order valence-electron chi connectivity index (χ1n) is 7.51. The number of ketones is 1. The minimum absolute atomic E-state index is 0.0961. The van der Waals surface area contributed by atoms with Gasteiger partial charge in [-0.25, -0.2) is 0 Å². The van der Waals surface area contributed by atoms with E-state index in [9.17, 15) is 19.2 Å². The van der Waals surface area contributed by atoms with Gasteiger partial charge in [0.1, 0.15) is 0 Å². The van der Waals surface area contributed by atoms with Crippen LogP contribution in [-0.2, 0) is 19.2 Å². The van der Waals surface area contributed by atoms with Gasteiger partial charge in [0.15, 0.2) is 5.78 Å². The van der Waals surface area contributed by atoms with Crippen LogP contribution in [0.15, 0.2) is 12.2 Å². The van der Waals surface area contributed by atoms with Gasteiger partial charge in [0.05, 0.1) is 0 Å². The third kappa shape index (κ3) is 11.6. The van der Waals surface area contributed by atoms with E-state index in [0.29, 0.717) is 13.0 Å². The maximum absolute atomic E-state index is 11.5. The van der Waals surface area contributed by atoms with E-state index in [1.165, 1.54) is 6.08 Å². The first-order valence-corrected chi connectivity index (χ1v) is 7.51. The molecule has 0 fully saturated rings. The number of allylic oxidation sites excluding steroid dienone is 1. The normalized spacial score (nSPS) is 10.3. The predicted octanol–water partition coefficient (Wildman–Crippen LogP) is 0.0605. The van der Waals surface area contributed by atoms with Crippen LogP contribution in [-0.4, -0.2) is 43.1 Å². The average Bonchev–Trinajstić information content (AvgIpc) is 2.50. The first-order chi connectivity index (χ1) is 10.5. The number of amides is 3. The molecule has 0 atom stereocenters. The fourth-order valence-corrected chi connectivity index (χ4v) is 1.40. The lowest BCUT2D eigenvalue weighted by atomic mass is 10.3. The average molecular weight is 311 g/mol. The Balaban J connectivity index is 3.69. The zero-order chi connectivity index (χ0) is 16.8. The SMILES string of the molecule is CCCNC(=O)CCNC(=O)CCNC(=O)/C=C/C(=O)CC. The Morgan fingerprint density at radius 3 is 1.86 bits per heavy atom. The lowest BCUT2D eigenvalue weighted by molar-refractivity contribution is -0.122. The molecular weight excluding hydrogens is 286 g/mol. The highest BCUT2D eigenvalue weighted by molar-refractivity contribution is 5.97. The number of carbonyl (C=O) groups is 4. The summed E-state index contributed by atoms with van der Waals surface area (Å²) in [6, 6.07) is 0. The van der Waals surface area contributed by atoms with Crippen molar-refractivity contribution in [1.29, 1.82) is 0 Å². The van der Waals surface area contributed by atoms with Crippen molar-refractivity contribution in [2.45, 2.75) is 39.5 Å². The van der Waals surface area contributed by atoms with Crippen LogP contribution in [0.5, 0.6) is 0 Å². The third-order valence-electron chi connectivity index (χ3n) is 2.67. The summed E-state index contributed by atoms with van der Waals surface area (Å²) in [4.78, 5) is 45.0. The quantitative estimate of drug-likeness (QED) is 0.469. The van der Waals surface area contributed by atoms with Crippen LogP contribution in [0, 0.1) is 0 Å². The van der Waals surface area contributed by atoms with Crippen LogP contribution in [0.1, 0.15) is 39.5 Å². The Morgan fingerprint density at radius 2 is 1.32 bits per heavy atom. The van der Waals surface area contributed by atoms with Gasteiger partial charge in [0.2, 0.25) is 17.7 Å². The third-order valence-corrected chi connectivity index (χ3v) is 2.67. The molecule has 0 bridgehead atoms. The fraction of sp³-hybridized carbons (Fsp3) is 0.600. The highest BCUT2D eigenvalue weighted by Crippen LogP contribution is 1.85. The van der Waals surface area contributed by atoms with Crippen LogP contribution in [0.3, 0.4) is 0 Å². The summed E-state index contributed by atoms with van der Waals surface area (Å²) >= 11 is 0. The second-order valence-electron chi connectivity index (χ2n) is 4.64. The lowest BCUT2D eigenvalue weighted by Crippen LogP contribution is -2.33. The van der Waals surface area contributed by atoms with Gasteiger partial charge in [-0.1, -0.05) is 13.8 Å².